The fourth-order valence-corrected chi connectivity index (χ4v) is 2.21. The van der Waals surface area contributed by atoms with E-state index in [1.54, 1.807) is 0 Å². The Balaban J connectivity index is 2.94. The van der Waals surface area contributed by atoms with Crippen molar-refractivity contribution in [3.05, 3.63) is 35.4 Å². The van der Waals surface area contributed by atoms with Crippen LogP contribution in [0.15, 0.2) is 18.2 Å². The number of likely N-dealkylation sites (N-methyl/N-ethyl adjacent to an activating group) is 1. The molecule has 6 heteroatoms. The van der Waals surface area contributed by atoms with Gasteiger partial charge in [-0.3, -0.25) is 10.1 Å². The van der Waals surface area contributed by atoms with Crippen molar-refractivity contribution in [2.45, 2.75) is 26.3 Å². The second-order valence-electron chi connectivity index (χ2n) is 5.04. The first-order valence-corrected chi connectivity index (χ1v) is 7.08. The van der Waals surface area contributed by atoms with Gasteiger partial charge >= 0.3 is 0 Å². The molecule has 0 aliphatic rings. The fourth-order valence-electron chi connectivity index (χ4n) is 2.21. The van der Waals surface area contributed by atoms with E-state index >= 15 is 0 Å². The molecule has 118 valence electrons. The number of nitrogens with zero attached hydrogens (tertiary/aromatic N) is 1. The van der Waals surface area contributed by atoms with Crippen molar-refractivity contribution < 1.29 is 13.6 Å². The van der Waals surface area contributed by atoms with E-state index in [9.17, 15) is 13.6 Å². The lowest BCUT2D eigenvalue weighted by atomic mass is 9.90. The number of halogens is 2. The smallest absolute Gasteiger partial charge is 0.242 e. The third-order valence-electron chi connectivity index (χ3n) is 3.78. The molecule has 1 amide bonds. The number of hydrogen-bond donors (Lipinski definition) is 2. The predicted octanol–water partition coefficient (Wildman–Crippen LogP) is 1.60. The van der Waals surface area contributed by atoms with Gasteiger partial charge in [-0.05, 0) is 26.1 Å². The molecule has 0 aromatic heterocycles. The van der Waals surface area contributed by atoms with Crippen LogP contribution in [0.3, 0.4) is 0 Å². The first-order valence-electron chi connectivity index (χ1n) is 7.08. The van der Waals surface area contributed by atoms with Gasteiger partial charge in [0.05, 0.1) is 0 Å². The van der Waals surface area contributed by atoms with Crippen LogP contribution in [0.1, 0.15) is 26.3 Å². The van der Waals surface area contributed by atoms with Crippen LogP contribution in [0.2, 0.25) is 0 Å². The van der Waals surface area contributed by atoms with E-state index in [-0.39, 0.29) is 5.56 Å². The van der Waals surface area contributed by atoms with Crippen LogP contribution < -0.4 is 11.1 Å². The van der Waals surface area contributed by atoms with Gasteiger partial charge in [0.1, 0.15) is 5.54 Å². The van der Waals surface area contributed by atoms with Crippen molar-refractivity contribution in [1.82, 2.24) is 10.2 Å². The van der Waals surface area contributed by atoms with E-state index in [1.807, 2.05) is 13.8 Å². The normalized spacial score (nSPS) is 14.2. The average molecular weight is 299 g/mol. The van der Waals surface area contributed by atoms with Crippen LogP contribution in [0, 0.1) is 11.6 Å². The van der Waals surface area contributed by atoms with Crippen LogP contribution in [0.5, 0.6) is 0 Å². The minimum atomic E-state index is -1.45. The average Bonchev–Trinajstić information content (AvgIpc) is 2.46. The number of nitrogens with one attached hydrogen (secondary N) is 1. The van der Waals surface area contributed by atoms with Crippen molar-refractivity contribution in [3.63, 3.8) is 0 Å². The summed E-state index contributed by atoms with van der Waals surface area (Å²) in [5, 5.41) is 2.96. The molecule has 0 aliphatic carbocycles. The third kappa shape index (κ3) is 3.98. The van der Waals surface area contributed by atoms with Crippen molar-refractivity contribution in [3.8, 4) is 0 Å². The van der Waals surface area contributed by atoms with Crippen LogP contribution in [0.25, 0.3) is 0 Å². The van der Waals surface area contributed by atoms with Gasteiger partial charge < -0.3 is 10.6 Å². The summed E-state index contributed by atoms with van der Waals surface area (Å²) >= 11 is 0. The van der Waals surface area contributed by atoms with E-state index in [1.165, 1.54) is 19.1 Å². The summed E-state index contributed by atoms with van der Waals surface area (Å²) in [6, 6.07) is 3.74. The first kappa shape index (κ1) is 17.5. The predicted molar refractivity (Wildman–Crippen MR) is 78.7 cm³/mol. The molecule has 0 aliphatic heterocycles. The van der Waals surface area contributed by atoms with Gasteiger partial charge in [0, 0.05) is 18.7 Å². The van der Waals surface area contributed by atoms with E-state index < -0.39 is 23.1 Å². The highest BCUT2D eigenvalue weighted by atomic mass is 19.2. The lowest BCUT2D eigenvalue weighted by Crippen LogP contribution is -2.52. The highest BCUT2D eigenvalue weighted by Gasteiger charge is 2.36. The maximum atomic E-state index is 13.9. The van der Waals surface area contributed by atoms with Crippen LogP contribution >= 0.6 is 0 Å². The SMILES string of the molecule is CCN(CC)CCNC(C)(C(N)=O)c1cccc(F)c1F. The monoisotopic (exact) mass is 299 g/mol. The third-order valence-corrected chi connectivity index (χ3v) is 3.78. The van der Waals surface area contributed by atoms with Gasteiger partial charge in [-0.2, -0.15) is 0 Å². The highest BCUT2D eigenvalue weighted by Crippen LogP contribution is 2.24. The van der Waals surface area contributed by atoms with Crippen molar-refractivity contribution >= 4 is 5.91 Å². The first-order chi connectivity index (χ1) is 9.86. The molecule has 1 atom stereocenters. The number of primary amides is 1. The Bertz CT molecular complexity index is 492. The zero-order valence-corrected chi connectivity index (χ0v) is 12.7. The Morgan fingerprint density at radius 1 is 1.33 bits per heavy atom. The lowest BCUT2D eigenvalue weighted by molar-refractivity contribution is -0.124. The summed E-state index contributed by atoms with van der Waals surface area (Å²) in [5.74, 6) is -2.79. The van der Waals surface area contributed by atoms with Crippen molar-refractivity contribution in [1.29, 1.82) is 0 Å². The molecular formula is C15H23F2N3O. The molecule has 1 aromatic carbocycles. The number of amides is 1. The van der Waals surface area contributed by atoms with Gasteiger partial charge in [-0.25, -0.2) is 8.78 Å². The van der Waals surface area contributed by atoms with E-state index in [2.05, 4.69) is 10.2 Å². The maximum absolute atomic E-state index is 13.9. The van der Waals surface area contributed by atoms with E-state index in [4.69, 9.17) is 5.73 Å². The number of rotatable bonds is 8. The van der Waals surface area contributed by atoms with Crippen LogP contribution in [0.4, 0.5) is 8.78 Å². The number of carbonyl (C=O) groups excluding carboxylic acids is 1. The van der Waals surface area contributed by atoms with Gasteiger partial charge in [0.25, 0.3) is 0 Å². The molecule has 0 fully saturated rings. The summed E-state index contributed by atoms with van der Waals surface area (Å²) in [5.41, 5.74) is 3.88. The summed E-state index contributed by atoms with van der Waals surface area (Å²) in [6.45, 7) is 8.41. The Labute approximate surface area is 124 Å². The summed E-state index contributed by atoms with van der Waals surface area (Å²) in [7, 11) is 0. The Morgan fingerprint density at radius 3 is 2.48 bits per heavy atom. The second-order valence-corrected chi connectivity index (χ2v) is 5.04. The fraction of sp³-hybridized carbons (Fsp3) is 0.533. The molecule has 0 spiro atoms. The van der Waals surface area contributed by atoms with Gasteiger partial charge in [0.2, 0.25) is 5.91 Å². The zero-order chi connectivity index (χ0) is 16.0. The molecule has 0 saturated carbocycles. The van der Waals surface area contributed by atoms with E-state index in [0.29, 0.717) is 13.1 Å². The minimum absolute atomic E-state index is 0.0745. The molecule has 0 heterocycles. The van der Waals surface area contributed by atoms with Gasteiger partial charge in [0.15, 0.2) is 11.6 Å². The number of hydrogen-bond acceptors (Lipinski definition) is 3. The van der Waals surface area contributed by atoms with Crippen LogP contribution in [-0.4, -0.2) is 37.0 Å². The summed E-state index contributed by atoms with van der Waals surface area (Å²) < 4.78 is 27.3. The molecule has 21 heavy (non-hydrogen) atoms. The molecule has 1 rings (SSSR count). The summed E-state index contributed by atoms with van der Waals surface area (Å²) in [4.78, 5) is 13.9. The Hall–Kier alpha value is -1.53. The standard InChI is InChI=1S/C15H23F2N3O/c1-4-20(5-2)10-9-19-15(3,14(18)21)11-7-6-8-12(16)13(11)17/h6-8,19H,4-5,9-10H2,1-3H3,(H2,18,21). The topological polar surface area (TPSA) is 58.4 Å². The highest BCUT2D eigenvalue weighted by molar-refractivity contribution is 5.85. The quantitative estimate of drug-likeness (QED) is 0.766. The lowest BCUT2D eigenvalue weighted by Gasteiger charge is -2.30. The van der Waals surface area contributed by atoms with E-state index in [0.717, 1.165) is 19.2 Å². The minimum Gasteiger partial charge on any atom is -0.368 e. The Morgan fingerprint density at radius 2 is 1.95 bits per heavy atom. The van der Waals surface area contributed by atoms with Crippen molar-refractivity contribution in [2.24, 2.45) is 5.73 Å². The molecule has 4 nitrogen and oxygen atoms in total. The molecule has 1 unspecified atom stereocenters. The number of carbonyl (C=O) groups is 1. The number of benzene rings is 1. The zero-order valence-electron chi connectivity index (χ0n) is 12.7. The second kappa shape index (κ2) is 7.47. The summed E-state index contributed by atoms with van der Waals surface area (Å²) in [6.07, 6.45) is 0. The maximum Gasteiger partial charge on any atom is 0.242 e. The Kier molecular flexibility index (Phi) is 6.23. The molecule has 0 saturated heterocycles. The molecule has 1 aromatic rings. The molecule has 3 N–H and O–H groups in total. The number of nitrogens with two attached hydrogens (primary N) is 1. The molecular weight excluding hydrogens is 276 g/mol. The van der Waals surface area contributed by atoms with Crippen molar-refractivity contribution in [2.75, 3.05) is 26.2 Å². The largest absolute Gasteiger partial charge is 0.368 e. The van der Waals surface area contributed by atoms with Gasteiger partial charge in [-0.1, -0.05) is 26.0 Å². The van der Waals surface area contributed by atoms with Crippen LogP contribution in [-0.2, 0) is 10.3 Å². The molecule has 0 bridgehead atoms. The van der Waals surface area contributed by atoms with Gasteiger partial charge in [-0.15, -0.1) is 0 Å². The molecule has 0 radical (unpaired) electrons.